The summed E-state index contributed by atoms with van der Waals surface area (Å²) in [5.41, 5.74) is 5.97. The number of hydrogen-bond acceptors (Lipinski definition) is 17. The molecule has 0 fully saturated rings. The van der Waals surface area contributed by atoms with Gasteiger partial charge in [-0.2, -0.15) is 0 Å². The van der Waals surface area contributed by atoms with E-state index in [2.05, 4.69) is 73.7 Å². The van der Waals surface area contributed by atoms with Crippen LogP contribution in [0.5, 0.6) is 23.0 Å². The van der Waals surface area contributed by atoms with Crippen LogP contribution in [0.4, 0.5) is 45.5 Å². The standard InChI is InChI=1S/C82H90N22O15S/c1-96(27-12-23-87-82(120)95-46-14-17-56(59(29-46)81(117)118)71-57-18-15-54(105)37-67(57)119-68-38-55(106)16-19-58(68)71)26-11-22-83-69(107)20-24-86-74(110)61-32-49(41-99(61)4)90-77(113)64-34-51(43-101(64)6)92-78(114)65-33-50(42-103(65)8)91-75(111)62-30-47(39-100(62)5)88-70(108)13-10-21-85-73(109)60-31-48(40-98(60)3)89-76(112)63-35-52(44-102(63)7)93-79(115)66-36-53(45-104(66)9)94-80(116)72-84-25-28-97(72)2/h14-19,25,28-45,71,105-106H,10-13,20-24,26-27H2,1-9H3,(H,83,107)(H,85,109)(H,86,110)(H,88,108)(H,89,112)(H,90,113)(H,91,111)(H,92,114)(H,93,115)(H,94,116)(H,117,118)(H2,87,95,120). The molecule has 0 radical (unpaired) electrons. The summed E-state index contributed by atoms with van der Waals surface area (Å²) >= 11 is 5.55. The number of aromatic nitrogens is 9. The van der Waals surface area contributed by atoms with E-state index in [0.29, 0.717) is 106 Å². The lowest BCUT2D eigenvalue weighted by atomic mass is 9.80. The first-order chi connectivity index (χ1) is 57.3. The number of aryl methyl sites for hydroxylation is 8. The molecule has 15 N–H and O–H groups in total. The summed E-state index contributed by atoms with van der Waals surface area (Å²) in [6.45, 7) is 2.53. The van der Waals surface area contributed by atoms with Crippen LogP contribution in [0.2, 0.25) is 0 Å². The van der Waals surface area contributed by atoms with E-state index in [9.17, 15) is 68.1 Å². The smallest absolute Gasteiger partial charge is 0.336 e. The van der Waals surface area contributed by atoms with E-state index in [1.165, 1.54) is 106 Å². The van der Waals surface area contributed by atoms with Gasteiger partial charge in [-0.1, -0.05) is 18.2 Å². The number of ether oxygens (including phenoxy) is 1. The Morgan fingerprint density at radius 3 is 1.16 bits per heavy atom. The molecule has 0 saturated heterocycles. The highest BCUT2D eigenvalue weighted by atomic mass is 32.1. The van der Waals surface area contributed by atoms with Gasteiger partial charge in [0.05, 0.1) is 45.4 Å². The minimum atomic E-state index is -1.15. The van der Waals surface area contributed by atoms with Crippen LogP contribution in [0.15, 0.2) is 153 Å². The maximum atomic E-state index is 13.7. The van der Waals surface area contributed by atoms with Gasteiger partial charge in [-0.3, -0.25) is 47.9 Å². The summed E-state index contributed by atoms with van der Waals surface area (Å²) < 4.78 is 18.3. The molecule has 624 valence electrons. The van der Waals surface area contributed by atoms with E-state index in [-0.39, 0.29) is 113 Å². The predicted molar refractivity (Wildman–Crippen MR) is 451 cm³/mol. The molecule has 0 saturated carbocycles. The minimum Gasteiger partial charge on any atom is -0.508 e. The number of anilines is 8. The van der Waals surface area contributed by atoms with Crippen LogP contribution < -0.4 is 68.5 Å². The second-order valence-electron chi connectivity index (χ2n) is 28.9. The number of phenolic OH excluding ortho intramolecular Hbond substituents is 2. The van der Waals surface area contributed by atoms with Crippen molar-refractivity contribution in [1.82, 2.24) is 67.7 Å². The molecule has 8 aromatic heterocycles. The molecule has 120 heavy (non-hydrogen) atoms. The number of aromatic carboxylic acids is 1. The maximum absolute atomic E-state index is 13.7. The van der Waals surface area contributed by atoms with Crippen LogP contribution in [-0.4, -0.2) is 178 Å². The lowest BCUT2D eigenvalue weighted by molar-refractivity contribution is -0.121. The number of carbonyl (C=O) groups excluding carboxylic acids is 10. The normalized spacial score (nSPS) is 11.5. The third-order valence-corrected chi connectivity index (χ3v) is 20.0. The molecule has 0 atom stereocenters. The first kappa shape index (κ1) is 84.4. The minimum absolute atomic E-state index is 0.0175. The van der Waals surface area contributed by atoms with Crippen molar-refractivity contribution in [2.45, 2.75) is 38.0 Å². The van der Waals surface area contributed by atoms with E-state index in [1.807, 2.05) is 7.05 Å². The number of fused-ring (bicyclic) bond motifs is 2. The van der Waals surface area contributed by atoms with Crippen LogP contribution in [0.1, 0.15) is 149 Å². The number of benzene rings is 3. The van der Waals surface area contributed by atoms with Gasteiger partial charge in [0, 0.05) is 186 Å². The first-order valence-electron chi connectivity index (χ1n) is 37.9. The molecule has 12 rings (SSSR count). The van der Waals surface area contributed by atoms with Crippen molar-refractivity contribution in [3.8, 4) is 23.0 Å². The molecule has 0 bridgehead atoms. The van der Waals surface area contributed by atoms with E-state index in [0.717, 1.165) is 6.42 Å². The Morgan fingerprint density at radius 1 is 0.392 bits per heavy atom. The number of amides is 10. The van der Waals surface area contributed by atoms with Gasteiger partial charge in [0.1, 0.15) is 62.9 Å². The van der Waals surface area contributed by atoms with Crippen molar-refractivity contribution in [3.63, 3.8) is 0 Å². The Morgan fingerprint density at radius 2 is 0.758 bits per heavy atom. The Bertz CT molecular complexity index is 5790. The zero-order valence-electron chi connectivity index (χ0n) is 66.9. The molecule has 37 nitrogen and oxygen atoms in total. The third-order valence-electron chi connectivity index (χ3n) is 19.8. The van der Waals surface area contributed by atoms with Crippen molar-refractivity contribution in [3.05, 3.63) is 221 Å². The highest BCUT2D eigenvalue weighted by molar-refractivity contribution is 7.80. The quantitative estimate of drug-likeness (QED) is 0.0138. The number of carboxylic acids is 1. The average Bonchev–Trinajstić information content (AvgIpc) is 1.43. The van der Waals surface area contributed by atoms with Gasteiger partial charge in [0.2, 0.25) is 11.8 Å². The van der Waals surface area contributed by atoms with Gasteiger partial charge >= 0.3 is 5.97 Å². The topological polar surface area (TPSA) is 458 Å². The van der Waals surface area contributed by atoms with Crippen molar-refractivity contribution in [1.29, 1.82) is 0 Å². The molecule has 0 aliphatic carbocycles. The molecule has 1 aliphatic rings. The molecule has 0 unspecified atom stereocenters. The maximum Gasteiger partial charge on any atom is 0.336 e. The molecular formula is C82H90N22O15S. The number of carboxylic acid groups (broad SMARTS) is 1. The van der Waals surface area contributed by atoms with Crippen LogP contribution in [-0.2, 0) is 66.0 Å². The summed E-state index contributed by atoms with van der Waals surface area (Å²) in [6.07, 6.45) is 15.8. The monoisotopic (exact) mass is 1650 g/mol. The number of carbonyl (C=O) groups is 11. The summed E-state index contributed by atoms with van der Waals surface area (Å²) in [6, 6.07) is 24.7. The van der Waals surface area contributed by atoms with Crippen molar-refractivity contribution < 1.29 is 72.8 Å². The number of nitrogens with zero attached hydrogens (tertiary/aromatic N) is 10. The summed E-state index contributed by atoms with van der Waals surface area (Å²) in [4.78, 5) is 152. The summed E-state index contributed by atoms with van der Waals surface area (Å²) in [5, 5.41) is 65.1. The van der Waals surface area contributed by atoms with Crippen molar-refractivity contribution in [2.75, 3.05) is 88.9 Å². The second-order valence-corrected chi connectivity index (χ2v) is 29.3. The van der Waals surface area contributed by atoms with Crippen LogP contribution >= 0.6 is 12.2 Å². The highest BCUT2D eigenvalue weighted by Gasteiger charge is 2.33. The Hall–Kier alpha value is -15.0. The Balaban J connectivity index is 0.513. The largest absolute Gasteiger partial charge is 0.508 e. The number of thiocarbonyl (C=S) groups is 1. The number of aromatic hydroxyl groups is 2. The fourth-order valence-corrected chi connectivity index (χ4v) is 14.0. The average molecular weight is 1660 g/mol. The van der Waals surface area contributed by atoms with Gasteiger partial charge in [0.25, 0.3) is 47.3 Å². The van der Waals surface area contributed by atoms with E-state index < -0.39 is 59.1 Å². The molecular weight excluding hydrogens is 1570 g/mol. The number of phenols is 2. The lowest BCUT2D eigenvalue weighted by Crippen LogP contribution is -2.33. The van der Waals surface area contributed by atoms with Crippen molar-refractivity contribution in [2.24, 2.45) is 56.4 Å². The Kier molecular flexibility index (Phi) is 26.0. The van der Waals surface area contributed by atoms with E-state index >= 15 is 0 Å². The SMILES string of the molecule is CN(CCCNC(=O)CCNC(=O)c1cc(NC(=O)c2cc(NC(=O)c3cc(NC(=O)c4cc(NC(=O)CCCNC(=O)c5cc(NC(=O)c6cc(NC(=O)c7cc(NC(=O)c8nccn8C)cn7C)cn6C)cn5C)cn4C)cn3C)cn2C)cn1C)CCCNC(=S)Nc1ccc(C2c3ccc(O)cc3Oc3cc(O)ccc32)c(C(=O)O)c1. The highest BCUT2D eigenvalue weighted by Crippen LogP contribution is 2.50. The number of imidazole rings is 1. The fraction of sp³-hybridized carbons (Fsp3) is 0.256. The zero-order valence-corrected chi connectivity index (χ0v) is 67.7. The van der Waals surface area contributed by atoms with E-state index in [1.54, 1.807) is 139 Å². The third kappa shape index (κ3) is 20.5. The molecule has 9 heterocycles. The fourth-order valence-electron chi connectivity index (χ4n) is 13.8. The van der Waals surface area contributed by atoms with Gasteiger partial charge in [-0.25, -0.2) is 9.78 Å². The van der Waals surface area contributed by atoms with Crippen LogP contribution in [0.3, 0.4) is 0 Å². The van der Waals surface area contributed by atoms with Crippen molar-refractivity contribution >= 4 is 128 Å². The van der Waals surface area contributed by atoms with Gasteiger partial charge in [-0.05, 0) is 124 Å². The van der Waals surface area contributed by atoms with Crippen LogP contribution in [0.25, 0.3) is 0 Å². The van der Waals surface area contributed by atoms with Gasteiger partial charge in [-0.15, -0.1) is 0 Å². The molecule has 38 heteroatoms. The second kappa shape index (κ2) is 36.9. The van der Waals surface area contributed by atoms with Crippen LogP contribution in [0, 0.1) is 0 Å². The van der Waals surface area contributed by atoms with Gasteiger partial charge in [0.15, 0.2) is 10.9 Å². The number of hydrogen-bond donors (Lipinski definition) is 15. The molecule has 0 spiro atoms. The summed E-state index contributed by atoms with van der Waals surface area (Å²) in [7, 11) is 15.1. The predicted octanol–water partition coefficient (Wildman–Crippen LogP) is 7.78. The Labute approximate surface area is 692 Å². The van der Waals surface area contributed by atoms with E-state index in [4.69, 9.17) is 17.0 Å². The zero-order chi connectivity index (χ0) is 85.9. The van der Waals surface area contributed by atoms with Gasteiger partial charge < -0.3 is 125 Å². The molecule has 11 aromatic rings. The summed E-state index contributed by atoms with van der Waals surface area (Å²) in [5.74, 6) is -5.52. The lowest BCUT2D eigenvalue weighted by Gasteiger charge is -2.30. The molecule has 3 aromatic carbocycles. The molecule has 1 aliphatic heterocycles. The number of nitrogens with one attached hydrogen (secondary N) is 12. The molecule has 10 amide bonds. The first-order valence-corrected chi connectivity index (χ1v) is 38.3. The number of rotatable bonds is 33.